The number of esters is 1. The number of pyridine rings is 1. The van der Waals surface area contributed by atoms with Gasteiger partial charge in [0.25, 0.3) is 0 Å². The van der Waals surface area contributed by atoms with E-state index in [1.54, 1.807) is 11.5 Å². The Morgan fingerprint density at radius 2 is 1.79 bits per heavy atom. The highest BCUT2D eigenvalue weighted by atomic mass is 19.1. The van der Waals surface area contributed by atoms with Crippen LogP contribution in [0, 0.1) is 17.7 Å². The van der Waals surface area contributed by atoms with E-state index in [2.05, 4.69) is 5.32 Å². The summed E-state index contributed by atoms with van der Waals surface area (Å²) in [5.74, 6) is -0.841. The lowest BCUT2D eigenvalue weighted by Gasteiger charge is -2.28. The molecule has 5 rings (SSSR count). The Labute approximate surface area is 226 Å². The van der Waals surface area contributed by atoms with Gasteiger partial charge in [-0.15, -0.1) is 0 Å². The minimum absolute atomic E-state index is 0.0127. The molecule has 9 heteroatoms. The van der Waals surface area contributed by atoms with Crippen molar-refractivity contribution in [2.24, 2.45) is 11.8 Å². The second kappa shape index (κ2) is 11.5. The van der Waals surface area contributed by atoms with Crippen LogP contribution in [0.1, 0.15) is 61.8 Å². The fourth-order valence-electron chi connectivity index (χ4n) is 5.31. The number of aromatic nitrogens is 1. The molecule has 0 bridgehead atoms. The third-order valence-corrected chi connectivity index (χ3v) is 7.56. The molecule has 2 saturated carbocycles. The minimum atomic E-state index is -0.793. The maximum Gasteiger partial charge on any atom is 0.343 e. The Balaban J connectivity index is 1.36. The molecule has 0 aliphatic heterocycles. The van der Waals surface area contributed by atoms with Gasteiger partial charge in [0.2, 0.25) is 11.3 Å². The summed E-state index contributed by atoms with van der Waals surface area (Å²) in [4.78, 5) is 38.9. The molecule has 0 spiro atoms. The van der Waals surface area contributed by atoms with E-state index < -0.39 is 17.2 Å². The van der Waals surface area contributed by atoms with E-state index in [0.29, 0.717) is 30.9 Å². The number of anilines is 1. The second-order valence-corrected chi connectivity index (χ2v) is 10.2. The molecule has 0 radical (unpaired) electrons. The number of ether oxygens (including phenoxy) is 3. The summed E-state index contributed by atoms with van der Waals surface area (Å²) in [6, 6.07) is 10.8. The van der Waals surface area contributed by atoms with E-state index in [0.717, 1.165) is 37.5 Å². The van der Waals surface area contributed by atoms with Gasteiger partial charge >= 0.3 is 5.97 Å². The molecule has 3 aromatic rings. The normalized spacial score (nSPS) is 18.9. The maximum absolute atomic E-state index is 15.5. The van der Waals surface area contributed by atoms with Crippen molar-refractivity contribution >= 4 is 28.5 Å². The van der Waals surface area contributed by atoms with E-state index in [-0.39, 0.29) is 46.9 Å². The summed E-state index contributed by atoms with van der Waals surface area (Å²) in [5, 5.41) is 2.76. The molecule has 0 atom stereocenters. The van der Waals surface area contributed by atoms with Crippen molar-refractivity contribution in [2.45, 2.75) is 51.5 Å². The van der Waals surface area contributed by atoms with Crippen LogP contribution < -0.4 is 20.2 Å². The van der Waals surface area contributed by atoms with Crippen molar-refractivity contribution in [3.8, 4) is 11.5 Å². The first kappa shape index (κ1) is 26.7. The number of para-hydroxylation sites is 1. The van der Waals surface area contributed by atoms with Gasteiger partial charge in [0.05, 0.1) is 31.2 Å². The van der Waals surface area contributed by atoms with Crippen LogP contribution in [0.2, 0.25) is 0 Å². The zero-order valence-corrected chi connectivity index (χ0v) is 22.2. The van der Waals surface area contributed by atoms with Gasteiger partial charge in [-0.2, -0.15) is 0 Å². The van der Waals surface area contributed by atoms with Crippen molar-refractivity contribution in [1.29, 1.82) is 0 Å². The molecule has 1 heterocycles. The van der Waals surface area contributed by atoms with E-state index in [4.69, 9.17) is 14.2 Å². The molecule has 2 aliphatic rings. The number of amides is 1. The highest BCUT2D eigenvalue weighted by Gasteiger charge is 2.32. The molecule has 1 amide bonds. The molecule has 39 heavy (non-hydrogen) atoms. The Hall–Kier alpha value is -3.88. The van der Waals surface area contributed by atoms with E-state index >= 15 is 4.39 Å². The van der Waals surface area contributed by atoms with E-state index in [1.165, 1.54) is 13.3 Å². The van der Waals surface area contributed by atoms with Crippen LogP contribution in [-0.4, -0.2) is 36.8 Å². The highest BCUT2D eigenvalue weighted by Crippen LogP contribution is 2.43. The topological polar surface area (TPSA) is 95.9 Å². The fourth-order valence-corrected chi connectivity index (χ4v) is 5.31. The molecule has 2 aromatic carbocycles. The van der Waals surface area contributed by atoms with E-state index in [9.17, 15) is 14.4 Å². The van der Waals surface area contributed by atoms with Crippen molar-refractivity contribution in [3.63, 3.8) is 0 Å². The molecular weight excluding hydrogens is 503 g/mol. The highest BCUT2D eigenvalue weighted by molar-refractivity contribution is 6.01. The van der Waals surface area contributed by atoms with Crippen LogP contribution in [0.4, 0.5) is 10.1 Å². The van der Waals surface area contributed by atoms with Crippen molar-refractivity contribution in [3.05, 3.63) is 64.2 Å². The lowest BCUT2D eigenvalue weighted by Crippen LogP contribution is -2.29. The maximum atomic E-state index is 15.5. The molecule has 1 N–H and O–H groups in total. The summed E-state index contributed by atoms with van der Waals surface area (Å²) in [5.41, 5.74) is -0.521. The molecule has 1 aromatic heterocycles. The van der Waals surface area contributed by atoms with Gasteiger partial charge in [-0.3, -0.25) is 9.59 Å². The summed E-state index contributed by atoms with van der Waals surface area (Å²) >= 11 is 0. The SMILES string of the molecule is CCOC(=O)c1cn(C2CC2)c2c(OC)c(NC(=O)C3CCC(COc4ccccc4)CC3)c(F)cc2c1=O. The van der Waals surface area contributed by atoms with E-state index in [1.807, 2.05) is 30.3 Å². The van der Waals surface area contributed by atoms with Crippen LogP contribution in [-0.2, 0) is 9.53 Å². The Morgan fingerprint density at radius 1 is 1.08 bits per heavy atom. The predicted octanol–water partition coefficient (Wildman–Crippen LogP) is 5.48. The average Bonchev–Trinajstić information content (AvgIpc) is 3.79. The summed E-state index contributed by atoms with van der Waals surface area (Å²) in [6.45, 7) is 2.36. The zero-order chi connectivity index (χ0) is 27.5. The second-order valence-electron chi connectivity index (χ2n) is 10.2. The third-order valence-electron chi connectivity index (χ3n) is 7.56. The molecule has 206 valence electrons. The van der Waals surface area contributed by atoms with Crippen LogP contribution >= 0.6 is 0 Å². The lowest BCUT2D eigenvalue weighted by atomic mass is 9.82. The van der Waals surface area contributed by atoms with Crippen molar-refractivity contribution in [1.82, 2.24) is 4.57 Å². The van der Waals surface area contributed by atoms with Crippen molar-refractivity contribution in [2.75, 3.05) is 25.6 Å². The lowest BCUT2D eigenvalue weighted by molar-refractivity contribution is -0.121. The zero-order valence-electron chi connectivity index (χ0n) is 22.2. The first-order chi connectivity index (χ1) is 18.9. The predicted molar refractivity (Wildman–Crippen MR) is 145 cm³/mol. The number of carbonyl (C=O) groups excluding carboxylic acids is 2. The number of hydrogen-bond acceptors (Lipinski definition) is 6. The molecule has 2 aliphatic carbocycles. The van der Waals surface area contributed by atoms with Gasteiger partial charge in [-0.1, -0.05) is 18.2 Å². The number of nitrogens with one attached hydrogen (secondary N) is 1. The third kappa shape index (κ3) is 5.62. The van der Waals surface area contributed by atoms with Gasteiger partial charge in [-0.05, 0) is 69.6 Å². The van der Waals surface area contributed by atoms with Gasteiger partial charge in [0, 0.05) is 18.2 Å². The fraction of sp³-hybridized carbons (Fsp3) is 0.433. The monoisotopic (exact) mass is 536 g/mol. The first-order valence-corrected chi connectivity index (χ1v) is 13.5. The summed E-state index contributed by atoms with van der Waals surface area (Å²) in [6.07, 6.45) is 6.16. The molecule has 2 fully saturated rings. The van der Waals surface area contributed by atoms with Crippen LogP contribution in [0.3, 0.4) is 0 Å². The van der Waals surface area contributed by atoms with Crippen LogP contribution in [0.25, 0.3) is 10.9 Å². The standard InChI is InChI=1S/C30H33FN2O6/c1-3-38-30(36)23-16-33(20-13-14-20)26-22(27(23)34)15-24(31)25(28(26)37-2)32-29(35)19-11-9-18(10-12-19)17-39-21-7-5-4-6-8-21/h4-8,15-16,18-20H,3,9-14,17H2,1-2H3,(H,32,35). The van der Waals surface area contributed by atoms with Crippen LogP contribution in [0.5, 0.6) is 11.5 Å². The molecular formula is C30H33FN2O6. The Bertz CT molecular complexity index is 1430. The number of fused-ring (bicyclic) bond motifs is 1. The number of rotatable bonds is 9. The quantitative estimate of drug-likeness (QED) is 0.364. The Kier molecular flexibility index (Phi) is 7.86. The van der Waals surface area contributed by atoms with Gasteiger partial charge < -0.3 is 24.1 Å². The summed E-state index contributed by atoms with van der Waals surface area (Å²) in [7, 11) is 1.38. The first-order valence-electron chi connectivity index (χ1n) is 13.5. The molecule has 0 saturated heterocycles. The summed E-state index contributed by atoms with van der Waals surface area (Å²) < 4.78 is 33.7. The number of carbonyl (C=O) groups is 2. The molecule has 0 unspecified atom stereocenters. The number of halogens is 1. The van der Waals surface area contributed by atoms with Gasteiger partial charge in [0.1, 0.15) is 17.0 Å². The number of nitrogens with zero attached hydrogens (tertiary/aromatic N) is 1. The number of hydrogen-bond donors (Lipinski definition) is 1. The minimum Gasteiger partial charge on any atom is -0.493 e. The van der Waals surface area contributed by atoms with Crippen molar-refractivity contribution < 1.29 is 28.2 Å². The average molecular weight is 537 g/mol. The number of methoxy groups -OCH3 is 1. The largest absolute Gasteiger partial charge is 0.493 e. The van der Waals surface area contributed by atoms with Gasteiger partial charge in [-0.25, -0.2) is 9.18 Å². The molecule has 8 nitrogen and oxygen atoms in total. The number of benzene rings is 2. The Morgan fingerprint density at radius 3 is 2.44 bits per heavy atom. The van der Waals surface area contributed by atoms with Gasteiger partial charge in [0.15, 0.2) is 11.6 Å². The van der Waals surface area contributed by atoms with Crippen LogP contribution in [0.15, 0.2) is 47.4 Å². The smallest absolute Gasteiger partial charge is 0.343 e.